The second-order valence-corrected chi connectivity index (χ2v) is 5.26. The molecule has 0 saturated heterocycles. The molecule has 1 heterocycles. The molecule has 5 nitrogen and oxygen atoms in total. The van der Waals surface area contributed by atoms with Crippen LogP contribution in [-0.2, 0) is 20.1 Å². The predicted molar refractivity (Wildman–Crippen MR) is 86.1 cm³/mol. The molecule has 1 aromatic heterocycles. The lowest BCUT2D eigenvalue weighted by Gasteiger charge is -2.22. The first-order valence-corrected chi connectivity index (χ1v) is 7.03. The van der Waals surface area contributed by atoms with Crippen molar-refractivity contribution in [1.29, 1.82) is 0 Å². The second kappa shape index (κ2) is 6.92. The van der Waals surface area contributed by atoms with E-state index in [4.69, 9.17) is 0 Å². The van der Waals surface area contributed by atoms with Gasteiger partial charge in [0.05, 0.1) is 6.20 Å². The molecule has 112 valence electrons. The number of nitrogens with one attached hydrogen (secondary N) is 1. The van der Waals surface area contributed by atoms with Crippen LogP contribution in [0.5, 0.6) is 0 Å². The van der Waals surface area contributed by atoms with Crippen LogP contribution in [0.3, 0.4) is 0 Å². The van der Waals surface area contributed by atoms with Crippen molar-refractivity contribution < 1.29 is 0 Å². The molecule has 0 spiro atoms. The Morgan fingerprint density at radius 3 is 2.57 bits per heavy atom. The van der Waals surface area contributed by atoms with Gasteiger partial charge in [0.2, 0.25) is 0 Å². The van der Waals surface area contributed by atoms with Gasteiger partial charge in [-0.3, -0.25) is 9.67 Å². The third-order valence-corrected chi connectivity index (χ3v) is 3.32. The van der Waals surface area contributed by atoms with Gasteiger partial charge >= 0.3 is 0 Å². The maximum atomic E-state index is 4.33. The maximum absolute atomic E-state index is 4.33. The highest BCUT2D eigenvalue weighted by atomic mass is 15.3. The van der Waals surface area contributed by atoms with Gasteiger partial charge in [0.15, 0.2) is 5.96 Å². The molecule has 0 bridgehead atoms. The number of rotatable bonds is 4. The fraction of sp³-hybridized carbons (Fsp3) is 0.375. The molecule has 0 amide bonds. The lowest BCUT2D eigenvalue weighted by Crippen LogP contribution is -2.37. The Bertz CT molecular complexity index is 597. The van der Waals surface area contributed by atoms with Gasteiger partial charge in [-0.05, 0) is 12.5 Å². The molecule has 0 atom stereocenters. The first-order chi connectivity index (χ1) is 10.1. The number of guanidine groups is 1. The zero-order valence-corrected chi connectivity index (χ0v) is 13.2. The summed E-state index contributed by atoms with van der Waals surface area (Å²) in [4.78, 5) is 6.44. The number of hydrogen-bond donors (Lipinski definition) is 1. The number of hydrogen-bond acceptors (Lipinski definition) is 2. The molecule has 1 N–H and O–H groups in total. The van der Waals surface area contributed by atoms with Crippen LogP contribution in [-0.4, -0.2) is 34.7 Å². The Labute approximate surface area is 126 Å². The first kappa shape index (κ1) is 15.1. The smallest absolute Gasteiger partial charge is 0.193 e. The largest absolute Gasteiger partial charge is 0.352 e. The fourth-order valence-electron chi connectivity index (χ4n) is 2.17. The third kappa shape index (κ3) is 4.34. The van der Waals surface area contributed by atoms with Crippen molar-refractivity contribution in [2.75, 3.05) is 14.1 Å². The van der Waals surface area contributed by atoms with Crippen LogP contribution < -0.4 is 5.32 Å². The molecule has 0 aliphatic carbocycles. The van der Waals surface area contributed by atoms with E-state index < -0.39 is 0 Å². The summed E-state index contributed by atoms with van der Waals surface area (Å²) >= 11 is 0. The molecule has 21 heavy (non-hydrogen) atoms. The molecular weight excluding hydrogens is 262 g/mol. The third-order valence-electron chi connectivity index (χ3n) is 3.32. The number of nitrogens with zero attached hydrogens (tertiary/aromatic N) is 4. The van der Waals surface area contributed by atoms with E-state index in [2.05, 4.69) is 51.5 Å². The quantitative estimate of drug-likeness (QED) is 0.690. The van der Waals surface area contributed by atoms with Crippen molar-refractivity contribution in [3.8, 4) is 0 Å². The van der Waals surface area contributed by atoms with Crippen LogP contribution in [0.15, 0.2) is 41.7 Å². The number of benzene rings is 1. The van der Waals surface area contributed by atoms with Gasteiger partial charge < -0.3 is 10.2 Å². The van der Waals surface area contributed by atoms with Crippen molar-refractivity contribution in [2.45, 2.75) is 20.0 Å². The highest BCUT2D eigenvalue weighted by Crippen LogP contribution is 2.06. The zero-order valence-electron chi connectivity index (χ0n) is 13.2. The summed E-state index contributed by atoms with van der Waals surface area (Å²) in [5.74, 6) is 0.874. The summed E-state index contributed by atoms with van der Waals surface area (Å²) in [7, 11) is 5.76. The van der Waals surface area contributed by atoms with Gasteiger partial charge in [0.1, 0.15) is 0 Å². The molecule has 2 aromatic rings. The Morgan fingerprint density at radius 2 is 2.00 bits per heavy atom. The molecule has 0 unspecified atom stereocenters. The van der Waals surface area contributed by atoms with Gasteiger partial charge in [-0.25, -0.2) is 0 Å². The zero-order chi connectivity index (χ0) is 15.2. The molecule has 0 fully saturated rings. The van der Waals surface area contributed by atoms with Crippen LogP contribution in [0.1, 0.15) is 16.7 Å². The van der Waals surface area contributed by atoms with E-state index in [9.17, 15) is 0 Å². The van der Waals surface area contributed by atoms with E-state index in [0.717, 1.165) is 24.6 Å². The summed E-state index contributed by atoms with van der Waals surface area (Å²) in [6.07, 6.45) is 3.86. The fourth-order valence-corrected chi connectivity index (χ4v) is 2.17. The average Bonchev–Trinajstić information content (AvgIpc) is 2.88. The van der Waals surface area contributed by atoms with E-state index in [1.807, 2.05) is 26.5 Å². The Morgan fingerprint density at radius 1 is 1.29 bits per heavy atom. The molecule has 0 radical (unpaired) electrons. The summed E-state index contributed by atoms with van der Waals surface area (Å²) < 4.78 is 1.80. The lowest BCUT2D eigenvalue weighted by atomic mass is 10.1. The molecule has 1 aromatic carbocycles. The molecular formula is C16H23N5. The van der Waals surface area contributed by atoms with Crippen LogP contribution in [0.2, 0.25) is 0 Å². The SMILES string of the molecule is CN=C(NCc1cnn(C)c1)N(C)Cc1ccc(C)cc1. The van der Waals surface area contributed by atoms with Crippen molar-refractivity contribution >= 4 is 5.96 Å². The van der Waals surface area contributed by atoms with Crippen LogP contribution in [0, 0.1) is 6.92 Å². The monoisotopic (exact) mass is 285 g/mol. The van der Waals surface area contributed by atoms with E-state index >= 15 is 0 Å². The molecule has 0 saturated carbocycles. The van der Waals surface area contributed by atoms with Crippen molar-refractivity contribution in [2.24, 2.45) is 12.0 Å². The van der Waals surface area contributed by atoms with Gasteiger partial charge in [-0.1, -0.05) is 29.8 Å². The summed E-state index contributed by atoms with van der Waals surface area (Å²) in [6, 6.07) is 8.57. The van der Waals surface area contributed by atoms with Gasteiger partial charge in [0.25, 0.3) is 0 Å². The highest BCUT2D eigenvalue weighted by molar-refractivity contribution is 5.79. The molecule has 0 aliphatic heterocycles. The standard InChI is InChI=1S/C16H23N5/c1-13-5-7-14(8-6-13)11-20(3)16(17-2)18-9-15-10-19-21(4)12-15/h5-8,10,12H,9,11H2,1-4H3,(H,17,18). The van der Waals surface area contributed by atoms with Crippen molar-refractivity contribution in [3.05, 3.63) is 53.3 Å². The van der Waals surface area contributed by atoms with Gasteiger partial charge in [0, 0.05) is 46.0 Å². The first-order valence-electron chi connectivity index (χ1n) is 7.03. The second-order valence-electron chi connectivity index (χ2n) is 5.26. The van der Waals surface area contributed by atoms with E-state index in [1.54, 1.807) is 11.7 Å². The summed E-state index contributed by atoms with van der Waals surface area (Å²) in [5.41, 5.74) is 3.69. The molecule has 5 heteroatoms. The number of aromatic nitrogens is 2. The van der Waals surface area contributed by atoms with Crippen molar-refractivity contribution in [1.82, 2.24) is 20.0 Å². The number of aliphatic imine (C=N–C) groups is 1. The minimum Gasteiger partial charge on any atom is -0.352 e. The Kier molecular flexibility index (Phi) is 4.98. The Balaban J connectivity index is 1.92. The predicted octanol–water partition coefficient (Wildman–Crippen LogP) is 1.94. The highest BCUT2D eigenvalue weighted by Gasteiger charge is 2.07. The van der Waals surface area contributed by atoms with Crippen LogP contribution in [0.25, 0.3) is 0 Å². The van der Waals surface area contributed by atoms with Crippen LogP contribution in [0.4, 0.5) is 0 Å². The van der Waals surface area contributed by atoms with Gasteiger partial charge in [-0.15, -0.1) is 0 Å². The lowest BCUT2D eigenvalue weighted by molar-refractivity contribution is 0.476. The number of aryl methyl sites for hydroxylation is 2. The van der Waals surface area contributed by atoms with E-state index in [1.165, 1.54) is 11.1 Å². The summed E-state index contributed by atoms with van der Waals surface area (Å²) in [5, 5.41) is 7.52. The minimum absolute atomic E-state index is 0.721. The van der Waals surface area contributed by atoms with E-state index in [0.29, 0.717) is 0 Å². The maximum Gasteiger partial charge on any atom is 0.193 e. The normalized spacial score (nSPS) is 11.5. The van der Waals surface area contributed by atoms with E-state index in [-0.39, 0.29) is 0 Å². The average molecular weight is 285 g/mol. The molecule has 0 aliphatic rings. The van der Waals surface area contributed by atoms with Crippen LogP contribution >= 0.6 is 0 Å². The van der Waals surface area contributed by atoms with Gasteiger partial charge in [-0.2, -0.15) is 5.10 Å². The van der Waals surface area contributed by atoms with Crippen molar-refractivity contribution in [3.63, 3.8) is 0 Å². The summed E-state index contributed by atoms with van der Waals surface area (Å²) in [6.45, 7) is 3.65. The topological polar surface area (TPSA) is 45.5 Å². The minimum atomic E-state index is 0.721. The molecule has 2 rings (SSSR count). The Hall–Kier alpha value is -2.30.